The highest BCUT2D eigenvalue weighted by Gasteiger charge is 2.09. The Balaban J connectivity index is 1.65. The Kier molecular flexibility index (Phi) is 6.78. The van der Waals surface area contributed by atoms with Crippen LogP contribution in [0, 0.1) is 6.92 Å². The molecule has 0 saturated heterocycles. The first-order valence-electron chi connectivity index (χ1n) is 8.31. The molecule has 0 aliphatic carbocycles. The molecular weight excluding hydrogens is 417 g/mol. The Morgan fingerprint density at radius 1 is 1.21 bits per heavy atom. The van der Waals surface area contributed by atoms with E-state index in [4.69, 9.17) is 27.9 Å². The van der Waals surface area contributed by atoms with E-state index < -0.39 is 0 Å². The minimum absolute atomic E-state index is 0.216. The van der Waals surface area contributed by atoms with Crippen molar-refractivity contribution in [2.75, 3.05) is 12.9 Å². The van der Waals surface area contributed by atoms with Gasteiger partial charge in [-0.15, -0.1) is 11.8 Å². The number of halogens is 2. The Morgan fingerprint density at radius 2 is 2.04 bits per heavy atom. The number of ether oxygens (including phenoxy) is 1. The molecule has 2 aromatic carbocycles. The minimum atomic E-state index is -0.216. The maximum absolute atomic E-state index is 12.1. The van der Waals surface area contributed by atoms with Crippen molar-refractivity contribution in [1.29, 1.82) is 0 Å². The Morgan fingerprint density at radius 3 is 2.79 bits per heavy atom. The average molecular weight is 434 g/mol. The van der Waals surface area contributed by atoms with Crippen LogP contribution in [0.5, 0.6) is 5.75 Å². The first-order valence-corrected chi connectivity index (χ1v) is 10.1. The number of hydrazone groups is 1. The SMILES string of the molecule is COc1ccc2nc(C)cc(SCC(=O)N/N=C/c3ccc(Cl)c(Cl)c3)c2c1. The van der Waals surface area contributed by atoms with Gasteiger partial charge in [-0.1, -0.05) is 29.3 Å². The summed E-state index contributed by atoms with van der Waals surface area (Å²) in [4.78, 5) is 17.6. The van der Waals surface area contributed by atoms with E-state index in [0.717, 1.165) is 32.8 Å². The van der Waals surface area contributed by atoms with Crippen LogP contribution in [0.2, 0.25) is 10.0 Å². The van der Waals surface area contributed by atoms with E-state index in [1.165, 1.54) is 18.0 Å². The van der Waals surface area contributed by atoms with Gasteiger partial charge in [0.2, 0.25) is 5.91 Å². The first kappa shape index (κ1) is 20.5. The number of fused-ring (bicyclic) bond motifs is 1. The summed E-state index contributed by atoms with van der Waals surface area (Å²) < 4.78 is 5.29. The largest absolute Gasteiger partial charge is 0.497 e. The molecule has 1 heterocycles. The van der Waals surface area contributed by atoms with Gasteiger partial charge in [-0.25, -0.2) is 5.43 Å². The highest BCUT2D eigenvalue weighted by Crippen LogP contribution is 2.30. The second kappa shape index (κ2) is 9.28. The minimum Gasteiger partial charge on any atom is -0.497 e. The van der Waals surface area contributed by atoms with Crippen LogP contribution in [-0.2, 0) is 4.79 Å². The van der Waals surface area contributed by atoms with Crippen LogP contribution in [0.25, 0.3) is 10.9 Å². The topological polar surface area (TPSA) is 63.6 Å². The molecule has 8 heteroatoms. The summed E-state index contributed by atoms with van der Waals surface area (Å²) in [5.41, 5.74) is 5.00. The van der Waals surface area contributed by atoms with E-state index >= 15 is 0 Å². The molecule has 0 spiro atoms. The fourth-order valence-electron chi connectivity index (χ4n) is 2.49. The summed E-state index contributed by atoms with van der Waals surface area (Å²) >= 11 is 13.3. The molecule has 28 heavy (non-hydrogen) atoms. The monoisotopic (exact) mass is 433 g/mol. The van der Waals surface area contributed by atoms with Crippen molar-refractivity contribution in [3.8, 4) is 5.75 Å². The van der Waals surface area contributed by atoms with Crippen molar-refractivity contribution < 1.29 is 9.53 Å². The normalized spacial score (nSPS) is 11.1. The number of hydrogen-bond acceptors (Lipinski definition) is 5. The molecular formula is C20H17Cl2N3O2S. The van der Waals surface area contributed by atoms with Crippen LogP contribution < -0.4 is 10.2 Å². The van der Waals surface area contributed by atoms with E-state index in [-0.39, 0.29) is 11.7 Å². The van der Waals surface area contributed by atoms with Crippen molar-refractivity contribution in [3.05, 3.63) is 63.8 Å². The van der Waals surface area contributed by atoms with Crippen LogP contribution in [0.15, 0.2) is 52.5 Å². The van der Waals surface area contributed by atoms with Crippen LogP contribution in [0.4, 0.5) is 0 Å². The van der Waals surface area contributed by atoms with Gasteiger partial charge in [0.25, 0.3) is 0 Å². The van der Waals surface area contributed by atoms with E-state index in [2.05, 4.69) is 15.5 Å². The number of nitrogens with zero attached hydrogens (tertiary/aromatic N) is 2. The fraction of sp³-hybridized carbons (Fsp3) is 0.150. The number of aryl methyl sites for hydroxylation is 1. The predicted octanol–water partition coefficient (Wildman–Crippen LogP) is 5.10. The van der Waals surface area contributed by atoms with Gasteiger partial charge in [0.15, 0.2) is 0 Å². The number of methoxy groups -OCH3 is 1. The molecule has 0 aliphatic rings. The van der Waals surface area contributed by atoms with E-state index in [1.54, 1.807) is 25.3 Å². The smallest absolute Gasteiger partial charge is 0.250 e. The molecule has 1 N–H and O–H groups in total. The molecule has 1 amide bonds. The van der Waals surface area contributed by atoms with Gasteiger partial charge >= 0.3 is 0 Å². The van der Waals surface area contributed by atoms with Gasteiger partial charge in [0, 0.05) is 16.0 Å². The lowest BCUT2D eigenvalue weighted by Crippen LogP contribution is -2.19. The zero-order chi connectivity index (χ0) is 20.1. The number of carbonyl (C=O) groups is 1. The Labute approximate surface area is 177 Å². The summed E-state index contributed by atoms with van der Waals surface area (Å²) in [5, 5.41) is 5.81. The van der Waals surface area contributed by atoms with Crippen molar-refractivity contribution in [2.24, 2.45) is 5.10 Å². The maximum atomic E-state index is 12.1. The second-order valence-electron chi connectivity index (χ2n) is 5.90. The molecule has 3 rings (SSSR count). The van der Waals surface area contributed by atoms with Gasteiger partial charge in [-0.2, -0.15) is 5.10 Å². The number of rotatable bonds is 6. The van der Waals surface area contributed by atoms with Crippen molar-refractivity contribution >= 4 is 58.0 Å². The van der Waals surface area contributed by atoms with Crippen LogP contribution >= 0.6 is 35.0 Å². The maximum Gasteiger partial charge on any atom is 0.250 e. The molecule has 0 radical (unpaired) electrons. The number of carbonyl (C=O) groups excluding carboxylic acids is 1. The molecule has 0 saturated carbocycles. The van der Waals surface area contributed by atoms with Gasteiger partial charge in [0.05, 0.1) is 34.6 Å². The quantitative estimate of drug-likeness (QED) is 0.333. The number of amides is 1. The molecule has 1 aromatic heterocycles. The van der Waals surface area contributed by atoms with Gasteiger partial charge < -0.3 is 4.74 Å². The van der Waals surface area contributed by atoms with Crippen LogP contribution in [0.1, 0.15) is 11.3 Å². The zero-order valence-corrected chi connectivity index (χ0v) is 17.5. The first-order chi connectivity index (χ1) is 13.5. The highest BCUT2D eigenvalue weighted by atomic mass is 35.5. The standard InChI is InChI=1S/C20H17Cl2N3O2S/c1-12-7-19(15-9-14(27-2)4-6-18(15)24-12)28-11-20(26)25-23-10-13-3-5-16(21)17(22)8-13/h3-10H,11H2,1-2H3,(H,25,26)/b23-10+. The summed E-state index contributed by atoms with van der Waals surface area (Å²) in [6.45, 7) is 1.93. The van der Waals surface area contributed by atoms with Crippen molar-refractivity contribution in [3.63, 3.8) is 0 Å². The molecule has 0 unspecified atom stereocenters. The summed E-state index contributed by atoms with van der Waals surface area (Å²) in [6.07, 6.45) is 1.52. The Bertz CT molecular complexity index is 1060. The highest BCUT2D eigenvalue weighted by molar-refractivity contribution is 8.00. The third kappa shape index (κ3) is 5.16. The molecule has 144 valence electrons. The van der Waals surface area contributed by atoms with Gasteiger partial charge in [0.1, 0.15) is 5.75 Å². The number of hydrogen-bond donors (Lipinski definition) is 1. The van der Waals surface area contributed by atoms with E-state index in [0.29, 0.717) is 10.0 Å². The molecule has 0 bridgehead atoms. The van der Waals surface area contributed by atoms with E-state index in [9.17, 15) is 4.79 Å². The second-order valence-corrected chi connectivity index (χ2v) is 7.73. The van der Waals surface area contributed by atoms with Crippen molar-refractivity contribution in [1.82, 2.24) is 10.4 Å². The lowest BCUT2D eigenvalue weighted by atomic mass is 10.2. The summed E-state index contributed by atoms with van der Waals surface area (Å²) in [7, 11) is 1.62. The Hall–Kier alpha value is -2.28. The van der Waals surface area contributed by atoms with Crippen molar-refractivity contribution in [2.45, 2.75) is 11.8 Å². The van der Waals surface area contributed by atoms with Gasteiger partial charge in [-0.3, -0.25) is 9.78 Å². The van der Waals surface area contributed by atoms with Crippen LogP contribution in [-0.4, -0.2) is 30.0 Å². The van der Waals surface area contributed by atoms with E-state index in [1.807, 2.05) is 31.2 Å². The van der Waals surface area contributed by atoms with Crippen LogP contribution in [0.3, 0.4) is 0 Å². The molecule has 0 aliphatic heterocycles. The summed E-state index contributed by atoms with van der Waals surface area (Å²) in [6, 6.07) is 12.8. The molecule has 0 atom stereocenters. The average Bonchev–Trinajstić information content (AvgIpc) is 2.68. The third-order valence-electron chi connectivity index (χ3n) is 3.81. The molecule has 0 fully saturated rings. The molecule has 3 aromatic rings. The summed E-state index contributed by atoms with van der Waals surface area (Å²) in [5.74, 6) is 0.747. The lowest BCUT2D eigenvalue weighted by Gasteiger charge is -2.09. The number of benzene rings is 2. The predicted molar refractivity (Wildman–Crippen MR) is 116 cm³/mol. The van der Waals surface area contributed by atoms with Gasteiger partial charge in [-0.05, 0) is 48.9 Å². The number of thioether (sulfide) groups is 1. The number of pyridine rings is 1. The lowest BCUT2D eigenvalue weighted by molar-refractivity contribution is -0.118. The number of nitrogens with one attached hydrogen (secondary N) is 1. The third-order valence-corrected chi connectivity index (χ3v) is 5.61. The number of aromatic nitrogens is 1. The zero-order valence-electron chi connectivity index (χ0n) is 15.2. The molecule has 5 nitrogen and oxygen atoms in total. The fourth-order valence-corrected chi connectivity index (χ4v) is 3.72.